The molecule has 3 fully saturated rings. The molecule has 0 aliphatic carbocycles. The molecule has 6 aromatic rings. The molecular formula is C50H58N10O5S. The molecule has 3 aromatic carbocycles. The SMILES string of the molecule is Cc1ncsc1-c1ccc(C(C)NC(=O)[C@@H]2C[C@@H](O)CN2C(=O)C(c2cc(N3CCC(N4CCN(c5ccc(-c6cc(-c7ccccc7O)nnc6N)cc5)CC4)CC3)no2)C(C)C)cc1. The highest BCUT2D eigenvalue weighted by Gasteiger charge is 2.44. The van der Waals surface area contributed by atoms with Crippen molar-refractivity contribution in [3.63, 3.8) is 0 Å². The van der Waals surface area contributed by atoms with E-state index in [1.807, 2.05) is 81.7 Å². The van der Waals surface area contributed by atoms with Crippen LogP contribution in [-0.2, 0) is 9.59 Å². The lowest BCUT2D eigenvalue weighted by Gasteiger charge is -2.43. The molecule has 0 radical (unpaired) electrons. The molecule has 16 heteroatoms. The first kappa shape index (κ1) is 44.8. The van der Waals surface area contributed by atoms with E-state index in [2.05, 4.69) is 64.6 Å². The summed E-state index contributed by atoms with van der Waals surface area (Å²) < 4.78 is 5.93. The number of aromatic hydroxyl groups is 1. The fourth-order valence-corrected chi connectivity index (χ4v) is 10.6. The lowest BCUT2D eigenvalue weighted by atomic mass is 9.91. The van der Waals surface area contributed by atoms with Crippen LogP contribution in [0.2, 0.25) is 0 Å². The molecular weight excluding hydrogens is 853 g/mol. The third-order valence-electron chi connectivity index (χ3n) is 13.6. The first-order chi connectivity index (χ1) is 31.9. The quantitative estimate of drug-likeness (QED) is 0.0995. The van der Waals surface area contributed by atoms with Crippen LogP contribution in [0.3, 0.4) is 0 Å². The van der Waals surface area contributed by atoms with Gasteiger partial charge in [0.1, 0.15) is 17.7 Å². The monoisotopic (exact) mass is 910 g/mol. The van der Waals surface area contributed by atoms with Gasteiger partial charge in [-0.05, 0) is 79.6 Å². The molecule has 0 spiro atoms. The third-order valence-corrected chi connectivity index (χ3v) is 14.5. The standard InChI is InChI=1S/C50H58N10O5S/c1-30(2)46(50(64)60-28-38(61)25-42(60)49(63)53-31(3)33-9-11-35(12-10-33)47-32(4)52-29-66-47)44-27-45(56-65-44)59-19-17-37(18-20-59)58-23-21-57(22-24-58)36-15-13-34(14-16-36)40-26-41(54-55-48(40)51)39-7-5-6-8-43(39)62/h5-16,26-27,29-31,37-38,42,46,61-62H,17-25,28H2,1-4H3,(H2,51,55)(H,53,63)/t31?,38-,42+,46?/m1/s1. The van der Waals surface area contributed by atoms with Crippen molar-refractivity contribution in [3.05, 3.63) is 107 Å². The zero-order valence-electron chi connectivity index (χ0n) is 37.9. The number of carbonyl (C=O) groups is 2. The topological polar surface area (TPSA) is 190 Å². The summed E-state index contributed by atoms with van der Waals surface area (Å²) in [5.74, 6) is 0.335. The number of nitrogens with zero attached hydrogens (tertiary/aromatic N) is 8. The number of hydrogen-bond acceptors (Lipinski definition) is 14. The normalized spacial score (nSPS) is 19.3. The maximum atomic E-state index is 14.4. The number of aromatic nitrogens is 4. The van der Waals surface area contributed by atoms with Gasteiger partial charge in [0, 0.05) is 81.2 Å². The Labute approximate surface area is 389 Å². The van der Waals surface area contributed by atoms with E-state index in [9.17, 15) is 19.8 Å². The van der Waals surface area contributed by atoms with Gasteiger partial charge in [-0.2, -0.15) is 0 Å². The van der Waals surface area contributed by atoms with E-state index in [0.717, 1.165) is 96.4 Å². The highest BCUT2D eigenvalue weighted by molar-refractivity contribution is 7.13. The number of benzene rings is 3. The highest BCUT2D eigenvalue weighted by atomic mass is 32.1. The number of amides is 2. The van der Waals surface area contributed by atoms with Crippen LogP contribution in [0.1, 0.15) is 69.0 Å². The van der Waals surface area contributed by atoms with Gasteiger partial charge in [0.05, 0.1) is 33.9 Å². The van der Waals surface area contributed by atoms with Gasteiger partial charge in [-0.3, -0.25) is 14.5 Å². The summed E-state index contributed by atoms with van der Waals surface area (Å²) >= 11 is 1.60. The lowest BCUT2D eigenvalue weighted by molar-refractivity contribution is -0.141. The number of nitrogens with one attached hydrogen (secondary N) is 1. The second kappa shape index (κ2) is 19.2. The number of nitrogens with two attached hydrogens (primary N) is 1. The molecule has 0 saturated carbocycles. The number of anilines is 3. The summed E-state index contributed by atoms with van der Waals surface area (Å²) in [6, 6.07) is 26.7. The molecule has 4 atom stereocenters. The third kappa shape index (κ3) is 9.35. The number of phenolic OH excluding ortho intramolecular Hbond substituents is 1. The number of piperidine rings is 1. The van der Waals surface area contributed by atoms with Gasteiger partial charge in [-0.25, -0.2) is 4.98 Å². The number of rotatable bonds is 12. The molecule has 9 rings (SSSR count). The Kier molecular flexibility index (Phi) is 13.1. The Morgan fingerprint density at radius 3 is 2.26 bits per heavy atom. The van der Waals surface area contributed by atoms with Crippen molar-refractivity contribution in [2.45, 2.75) is 77.1 Å². The van der Waals surface area contributed by atoms with Crippen LogP contribution in [0.25, 0.3) is 32.8 Å². The molecule has 6 heterocycles. The molecule has 15 nitrogen and oxygen atoms in total. The van der Waals surface area contributed by atoms with Crippen LogP contribution in [0.5, 0.6) is 5.75 Å². The minimum Gasteiger partial charge on any atom is -0.507 e. The fourth-order valence-electron chi connectivity index (χ4n) is 9.80. The van der Waals surface area contributed by atoms with Gasteiger partial charge in [0.2, 0.25) is 11.8 Å². The zero-order chi connectivity index (χ0) is 46.1. The molecule has 2 amide bonds. The second-order valence-electron chi connectivity index (χ2n) is 18.2. The Morgan fingerprint density at radius 2 is 1.58 bits per heavy atom. The minimum absolute atomic E-state index is 0.0793. The van der Waals surface area contributed by atoms with E-state index in [-0.39, 0.29) is 42.5 Å². The molecule has 344 valence electrons. The second-order valence-corrected chi connectivity index (χ2v) is 19.0. The first-order valence-electron chi connectivity index (χ1n) is 22.9. The number of hydrogen-bond donors (Lipinski definition) is 4. The Morgan fingerprint density at radius 1 is 0.864 bits per heavy atom. The van der Waals surface area contributed by atoms with Gasteiger partial charge < -0.3 is 40.5 Å². The molecule has 3 aromatic heterocycles. The molecule has 0 bridgehead atoms. The van der Waals surface area contributed by atoms with Gasteiger partial charge in [0.25, 0.3) is 0 Å². The van der Waals surface area contributed by atoms with Crippen molar-refractivity contribution in [3.8, 4) is 38.6 Å². The number of piperazine rings is 1. The molecule has 66 heavy (non-hydrogen) atoms. The highest BCUT2D eigenvalue weighted by Crippen LogP contribution is 2.36. The molecule has 3 aliphatic heterocycles. The summed E-state index contributed by atoms with van der Waals surface area (Å²) in [5, 5.41) is 37.1. The Hall–Kier alpha value is -6.36. The number of nitrogen functional groups attached to an aromatic ring is 1. The molecule has 3 saturated heterocycles. The minimum atomic E-state index is -0.806. The first-order valence-corrected chi connectivity index (χ1v) is 23.8. The number of aliphatic hydroxyl groups is 1. The number of para-hydroxylation sites is 1. The summed E-state index contributed by atoms with van der Waals surface area (Å²) in [4.78, 5) is 42.4. The van der Waals surface area contributed by atoms with Crippen LogP contribution in [-0.4, -0.2) is 116 Å². The zero-order valence-corrected chi connectivity index (χ0v) is 38.7. The number of aryl methyl sites for hydroxylation is 1. The number of thiazole rings is 1. The summed E-state index contributed by atoms with van der Waals surface area (Å²) in [5.41, 5.74) is 15.1. The van der Waals surface area contributed by atoms with Crippen molar-refractivity contribution in [2.24, 2.45) is 5.92 Å². The van der Waals surface area contributed by atoms with Crippen LogP contribution in [0, 0.1) is 12.8 Å². The van der Waals surface area contributed by atoms with Gasteiger partial charge in [0.15, 0.2) is 17.4 Å². The maximum absolute atomic E-state index is 14.4. The Bertz CT molecular complexity index is 2640. The van der Waals surface area contributed by atoms with E-state index < -0.39 is 18.1 Å². The number of carbonyl (C=O) groups excluding carboxylic acids is 2. The van der Waals surface area contributed by atoms with Crippen molar-refractivity contribution in [1.29, 1.82) is 0 Å². The predicted octanol–water partition coefficient (Wildman–Crippen LogP) is 6.89. The van der Waals surface area contributed by atoms with E-state index in [1.54, 1.807) is 23.5 Å². The molecule has 3 aliphatic rings. The number of β-amino-alcohol motifs (C(OH)–C–C–N with tert-alkyl or cyclic N) is 1. The largest absolute Gasteiger partial charge is 0.507 e. The van der Waals surface area contributed by atoms with E-state index in [0.29, 0.717) is 28.9 Å². The number of aliphatic hydroxyl groups excluding tert-OH is 1. The number of phenols is 1. The van der Waals surface area contributed by atoms with Crippen LogP contribution in [0.15, 0.2) is 95.0 Å². The van der Waals surface area contributed by atoms with E-state index in [1.165, 1.54) is 4.90 Å². The average molecular weight is 911 g/mol. The van der Waals surface area contributed by atoms with E-state index >= 15 is 0 Å². The summed E-state index contributed by atoms with van der Waals surface area (Å²) in [6.45, 7) is 13.4. The molecule has 2 unspecified atom stereocenters. The van der Waals surface area contributed by atoms with Crippen molar-refractivity contribution in [2.75, 3.05) is 61.3 Å². The van der Waals surface area contributed by atoms with Crippen LogP contribution in [0.4, 0.5) is 17.3 Å². The van der Waals surface area contributed by atoms with E-state index in [4.69, 9.17) is 10.3 Å². The van der Waals surface area contributed by atoms with Crippen LogP contribution >= 0.6 is 11.3 Å². The van der Waals surface area contributed by atoms with Crippen molar-refractivity contribution in [1.82, 2.24) is 35.5 Å². The van der Waals surface area contributed by atoms with Gasteiger partial charge in [-0.15, -0.1) is 21.5 Å². The molecule has 5 N–H and O–H groups in total. The van der Waals surface area contributed by atoms with Crippen molar-refractivity contribution < 1.29 is 24.3 Å². The summed E-state index contributed by atoms with van der Waals surface area (Å²) in [7, 11) is 0. The van der Waals surface area contributed by atoms with Crippen LogP contribution < -0.4 is 20.9 Å². The number of likely N-dealkylation sites (tertiary alicyclic amines) is 1. The summed E-state index contributed by atoms with van der Waals surface area (Å²) in [6.07, 6.45) is 1.34. The fraction of sp³-hybridized carbons (Fsp3) is 0.400. The van der Waals surface area contributed by atoms with Gasteiger partial charge >= 0.3 is 0 Å². The lowest BCUT2D eigenvalue weighted by Crippen LogP contribution is -2.53. The maximum Gasteiger partial charge on any atom is 0.243 e. The van der Waals surface area contributed by atoms with Gasteiger partial charge in [-0.1, -0.05) is 67.5 Å². The smallest absolute Gasteiger partial charge is 0.243 e. The average Bonchev–Trinajstić information content (AvgIpc) is 4.10. The predicted molar refractivity (Wildman–Crippen MR) is 257 cm³/mol. The van der Waals surface area contributed by atoms with Crippen molar-refractivity contribution >= 4 is 40.5 Å². The Balaban J connectivity index is 0.772.